The molecule has 1 atom stereocenters. The van der Waals surface area contributed by atoms with Crippen molar-refractivity contribution in [3.8, 4) is 0 Å². The first-order valence-electron chi connectivity index (χ1n) is 7.14. The molecule has 4 nitrogen and oxygen atoms in total. The minimum atomic E-state index is -0.0136. The monoisotopic (exact) mass is 324 g/mol. The Bertz CT molecular complexity index is 602. The summed E-state index contributed by atoms with van der Waals surface area (Å²) in [6.07, 6.45) is 0. The van der Waals surface area contributed by atoms with Crippen molar-refractivity contribution < 1.29 is 0 Å². The number of anilines is 1. The summed E-state index contributed by atoms with van der Waals surface area (Å²) < 4.78 is 4.43. The molecule has 1 N–H and O–H groups in total. The molecule has 6 heteroatoms. The van der Waals surface area contributed by atoms with Crippen molar-refractivity contribution in [2.45, 2.75) is 65.3 Å². The summed E-state index contributed by atoms with van der Waals surface area (Å²) in [5.74, 6) is 0.886. The molecule has 0 aliphatic carbocycles. The van der Waals surface area contributed by atoms with E-state index in [0.717, 1.165) is 21.7 Å². The van der Waals surface area contributed by atoms with Gasteiger partial charge in [-0.1, -0.05) is 41.5 Å². The minimum Gasteiger partial charge on any atom is -0.351 e. The molecular formula is C15H24N4S2. The summed E-state index contributed by atoms with van der Waals surface area (Å²) in [5, 5.41) is 7.51. The van der Waals surface area contributed by atoms with Crippen molar-refractivity contribution in [1.82, 2.24) is 14.3 Å². The van der Waals surface area contributed by atoms with Crippen LogP contribution in [-0.2, 0) is 10.8 Å². The van der Waals surface area contributed by atoms with Crippen LogP contribution >= 0.6 is 22.9 Å². The van der Waals surface area contributed by atoms with Gasteiger partial charge in [-0.25, -0.2) is 9.97 Å². The molecular weight excluding hydrogens is 300 g/mol. The van der Waals surface area contributed by atoms with Crippen molar-refractivity contribution in [3.63, 3.8) is 0 Å². The number of hydrogen-bond donors (Lipinski definition) is 1. The minimum absolute atomic E-state index is 0.0136. The number of nitrogens with one attached hydrogen (secondary N) is 1. The molecule has 0 aromatic carbocycles. The number of aromatic nitrogens is 3. The summed E-state index contributed by atoms with van der Waals surface area (Å²) in [6, 6.07) is 0.145. The normalized spacial score (nSPS) is 14.2. The largest absolute Gasteiger partial charge is 0.351 e. The number of rotatable bonds is 3. The fourth-order valence-electron chi connectivity index (χ4n) is 1.66. The highest BCUT2D eigenvalue weighted by atomic mass is 32.1. The van der Waals surface area contributed by atoms with Gasteiger partial charge in [0.2, 0.25) is 5.13 Å². The van der Waals surface area contributed by atoms with Crippen molar-refractivity contribution in [2.24, 2.45) is 0 Å². The van der Waals surface area contributed by atoms with Crippen LogP contribution in [0.3, 0.4) is 0 Å². The smallest absolute Gasteiger partial charge is 0.203 e. The summed E-state index contributed by atoms with van der Waals surface area (Å²) in [7, 11) is 0. The Morgan fingerprint density at radius 1 is 1.05 bits per heavy atom. The molecule has 21 heavy (non-hydrogen) atoms. The molecule has 0 saturated carbocycles. The van der Waals surface area contributed by atoms with E-state index in [9.17, 15) is 0 Å². The molecule has 0 bridgehead atoms. The van der Waals surface area contributed by atoms with E-state index in [1.165, 1.54) is 11.5 Å². The lowest BCUT2D eigenvalue weighted by molar-refractivity contribution is 0.555. The van der Waals surface area contributed by atoms with E-state index in [4.69, 9.17) is 4.98 Å². The Balaban J connectivity index is 2.09. The van der Waals surface area contributed by atoms with Gasteiger partial charge in [0, 0.05) is 27.7 Å². The zero-order valence-corrected chi connectivity index (χ0v) is 15.4. The van der Waals surface area contributed by atoms with Crippen LogP contribution in [0, 0.1) is 0 Å². The fourth-order valence-corrected chi connectivity index (χ4v) is 3.56. The van der Waals surface area contributed by atoms with Gasteiger partial charge in [-0.3, -0.25) is 0 Å². The molecule has 0 spiro atoms. The molecule has 2 rings (SSSR count). The maximum Gasteiger partial charge on any atom is 0.203 e. The standard InChI is InChI=1S/C15H24N4S2/c1-9(11-17-10(8-20-11)14(2,3)4)16-13-18-12(19-21-13)15(5,6)7/h8-9H,1-7H3,(H,16,18,19). The predicted molar refractivity (Wildman–Crippen MR) is 91.5 cm³/mol. The van der Waals surface area contributed by atoms with Crippen LogP contribution in [0.25, 0.3) is 0 Å². The van der Waals surface area contributed by atoms with Crippen molar-refractivity contribution in [1.29, 1.82) is 0 Å². The highest BCUT2D eigenvalue weighted by Crippen LogP contribution is 2.29. The average molecular weight is 325 g/mol. The topological polar surface area (TPSA) is 50.7 Å². The lowest BCUT2D eigenvalue weighted by Gasteiger charge is -2.15. The lowest BCUT2D eigenvalue weighted by atomic mass is 9.93. The van der Waals surface area contributed by atoms with E-state index >= 15 is 0 Å². The van der Waals surface area contributed by atoms with Gasteiger partial charge >= 0.3 is 0 Å². The average Bonchev–Trinajstić information content (AvgIpc) is 2.94. The van der Waals surface area contributed by atoms with Crippen molar-refractivity contribution in [3.05, 3.63) is 21.9 Å². The zero-order chi connectivity index (χ0) is 15.8. The van der Waals surface area contributed by atoms with Crippen LogP contribution in [0.5, 0.6) is 0 Å². The molecule has 0 aliphatic heterocycles. The van der Waals surface area contributed by atoms with E-state index in [0.29, 0.717) is 0 Å². The third kappa shape index (κ3) is 4.01. The lowest BCUT2D eigenvalue weighted by Crippen LogP contribution is -2.14. The van der Waals surface area contributed by atoms with Crippen LogP contribution in [0.1, 0.15) is 71.0 Å². The summed E-state index contributed by atoms with van der Waals surface area (Å²) >= 11 is 3.12. The van der Waals surface area contributed by atoms with Gasteiger partial charge < -0.3 is 5.32 Å². The van der Waals surface area contributed by atoms with Gasteiger partial charge in [0.05, 0.1) is 11.7 Å². The van der Waals surface area contributed by atoms with Crippen LogP contribution < -0.4 is 5.32 Å². The quantitative estimate of drug-likeness (QED) is 0.884. The molecule has 2 aromatic heterocycles. The van der Waals surface area contributed by atoms with Crippen molar-refractivity contribution >= 4 is 28.0 Å². The van der Waals surface area contributed by atoms with Crippen LogP contribution in [0.4, 0.5) is 5.13 Å². The Labute approximate surface area is 135 Å². The Hall–Kier alpha value is -1.01. The van der Waals surface area contributed by atoms with Gasteiger partial charge in [-0.15, -0.1) is 11.3 Å². The second-order valence-electron chi connectivity index (χ2n) is 7.36. The van der Waals surface area contributed by atoms with E-state index in [1.54, 1.807) is 11.3 Å². The maximum absolute atomic E-state index is 4.75. The Morgan fingerprint density at radius 3 is 2.19 bits per heavy atom. The Morgan fingerprint density at radius 2 is 1.71 bits per heavy atom. The van der Waals surface area contributed by atoms with Gasteiger partial charge in [0.1, 0.15) is 10.8 Å². The first-order chi connectivity index (χ1) is 9.57. The van der Waals surface area contributed by atoms with Gasteiger partial charge in [0.25, 0.3) is 0 Å². The first kappa shape index (κ1) is 16.4. The second kappa shape index (κ2) is 5.65. The second-order valence-corrected chi connectivity index (χ2v) is 9.00. The summed E-state index contributed by atoms with van der Waals surface area (Å²) in [5.41, 5.74) is 1.22. The highest BCUT2D eigenvalue weighted by molar-refractivity contribution is 7.10. The molecule has 2 heterocycles. The van der Waals surface area contributed by atoms with Gasteiger partial charge in [-0.05, 0) is 6.92 Å². The number of hydrogen-bond acceptors (Lipinski definition) is 6. The van der Waals surface area contributed by atoms with Gasteiger partial charge in [0.15, 0.2) is 0 Å². The van der Waals surface area contributed by atoms with E-state index in [2.05, 4.69) is 68.5 Å². The molecule has 2 aromatic rings. The third-order valence-corrected chi connectivity index (χ3v) is 4.77. The first-order valence-corrected chi connectivity index (χ1v) is 8.79. The fraction of sp³-hybridized carbons (Fsp3) is 0.667. The van der Waals surface area contributed by atoms with Crippen molar-refractivity contribution in [2.75, 3.05) is 5.32 Å². The molecule has 0 radical (unpaired) electrons. The van der Waals surface area contributed by atoms with Crippen LogP contribution in [0.15, 0.2) is 5.38 Å². The van der Waals surface area contributed by atoms with E-state index in [-0.39, 0.29) is 16.9 Å². The van der Waals surface area contributed by atoms with Crippen LogP contribution in [-0.4, -0.2) is 14.3 Å². The number of nitrogens with zero attached hydrogens (tertiary/aromatic N) is 3. The van der Waals surface area contributed by atoms with Crippen LogP contribution in [0.2, 0.25) is 0 Å². The molecule has 1 unspecified atom stereocenters. The maximum atomic E-state index is 4.75. The highest BCUT2D eigenvalue weighted by Gasteiger charge is 2.22. The number of thiazole rings is 1. The summed E-state index contributed by atoms with van der Waals surface area (Å²) in [6.45, 7) is 15.0. The molecule has 0 fully saturated rings. The molecule has 0 aliphatic rings. The zero-order valence-electron chi connectivity index (χ0n) is 13.8. The molecule has 116 valence electrons. The van der Waals surface area contributed by atoms with E-state index < -0.39 is 0 Å². The third-order valence-electron chi connectivity index (χ3n) is 3.10. The predicted octanol–water partition coefficient (Wildman–Crippen LogP) is 4.76. The SMILES string of the molecule is CC(Nc1nc(C(C)(C)C)ns1)c1nc(C(C)(C)C)cs1. The van der Waals surface area contributed by atoms with E-state index in [1.807, 2.05) is 0 Å². The van der Waals surface area contributed by atoms with Gasteiger partial charge in [-0.2, -0.15) is 4.37 Å². The molecule has 0 saturated heterocycles. The Kier molecular flexibility index (Phi) is 4.40. The molecule has 0 amide bonds. The summed E-state index contributed by atoms with van der Waals surface area (Å²) in [4.78, 5) is 9.32.